The molecule has 6 nitrogen and oxygen atoms in total. The molecule has 0 aliphatic carbocycles. The topological polar surface area (TPSA) is 91.2 Å². The molecule has 2 N–H and O–H groups in total. The van der Waals surface area contributed by atoms with Gasteiger partial charge in [-0.05, 0) is 42.3 Å². The van der Waals surface area contributed by atoms with Gasteiger partial charge in [0, 0.05) is 18.0 Å². The second-order valence-electron chi connectivity index (χ2n) is 6.76. The molecule has 1 atom stereocenters. The lowest BCUT2D eigenvalue weighted by Gasteiger charge is -2.25. The van der Waals surface area contributed by atoms with Crippen molar-refractivity contribution in [1.29, 1.82) is 5.26 Å². The van der Waals surface area contributed by atoms with Crippen LogP contribution in [0, 0.1) is 18.3 Å². The van der Waals surface area contributed by atoms with Gasteiger partial charge in [-0.15, -0.1) is 0 Å². The Kier molecular flexibility index (Phi) is 7.03. The Balaban J connectivity index is 1.78. The standard InChI is InChI=1S/C22H20ClN3O3S/c1-13-4-3-5-15(8-13)25-21(28)12-30-22-17(11-24)16(10-20(27)26-22)14-6-7-19(29-2)18(23)9-14/h3-9,16H,10,12H2,1-2H3,(H,25,28)(H,26,27)/t16-/m0/s1. The highest BCUT2D eigenvalue weighted by molar-refractivity contribution is 8.03. The van der Waals surface area contributed by atoms with Crippen LogP contribution in [0.15, 0.2) is 53.1 Å². The molecular formula is C22H20ClN3O3S. The van der Waals surface area contributed by atoms with Crippen molar-refractivity contribution in [3.8, 4) is 11.8 Å². The minimum Gasteiger partial charge on any atom is -0.495 e. The SMILES string of the molecule is COc1ccc([C@@H]2CC(=O)NC(SCC(=O)Nc3cccc(C)c3)=C2C#N)cc1Cl. The van der Waals surface area contributed by atoms with Crippen molar-refractivity contribution in [2.24, 2.45) is 0 Å². The average molecular weight is 442 g/mol. The lowest BCUT2D eigenvalue weighted by atomic mass is 9.87. The van der Waals surface area contributed by atoms with Gasteiger partial charge >= 0.3 is 0 Å². The van der Waals surface area contributed by atoms with Crippen LogP contribution in [0.1, 0.15) is 23.5 Å². The number of benzene rings is 2. The predicted molar refractivity (Wildman–Crippen MR) is 118 cm³/mol. The fraction of sp³-hybridized carbons (Fsp3) is 0.227. The first-order valence-corrected chi connectivity index (χ1v) is 10.5. The second kappa shape index (κ2) is 9.70. The van der Waals surface area contributed by atoms with E-state index in [1.807, 2.05) is 25.1 Å². The molecule has 0 saturated heterocycles. The van der Waals surface area contributed by atoms with Gasteiger partial charge in [0.15, 0.2) is 0 Å². The van der Waals surface area contributed by atoms with E-state index in [1.165, 1.54) is 7.11 Å². The van der Waals surface area contributed by atoms with Gasteiger partial charge in [-0.25, -0.2) is 0 Å². The number of ether oxygens (including phenoxy) is 1. The van der Waals surface area contributed by atoms with E-state index in [4.69, 9.17) is 16.3 Å². The van der Waals surface area contributed by atoms with E-state index < -0.39 is 5.92 Å². The number of methoxy groups -OCH3 is 1. The van der Waals surface area contributed by atoms with E-state index in [2.05, 4.69) is 16.7 Å². The van der Waals surface area contributed by atoms with Crippen molar-refractivity contribution in [3.05, 3.63) is 69.2 Å². The van der Waals surface area contributed by atoms with Crippen LogP contribution < -0.4 is 15.4 Å². The summed E-state index contributed by atoms with van der Waals surface area (Å²) in [5.41, 5.74) is 2.89. The molecule has 0 fully saturated rings. The third-order valence-electron chi connectivity index (χ3n) is 4.58. The molecule has 30 heavy (non-hydrogen) atoms. The van der Waals surface area contributed by atoms with Crippen molar-refractivity contribution >= 4 is 40.9 Å². The third kappa shape index (κ3) is 5.15. The maximum absolute atomic E-state index is 12.3. The summed E-state index contributed by atoms with van der Waals surface area (Å²) >= 11 is 7.35. The second-order valence-corrected chi connectivity index (χ2v) is 8.15. The number of thioether (sulfide) groups is 1. The van der Waals surface area contributed by atoms with Gasteiger partial charge in [0.05, 0.1) is 34.6 Å². The van der Waals surface area contributed by atoms with Crippen LogP contribution in [-0.4, -0.2) is 24.7 Å². The van der Waals surface area contributed by atoms with E-state index in [0.29, 0.717) is 27.1 Å². The molecule has 0 aromatic heterocycles. The third-order valence-corrected chi connectivity index (χ3v) is 5.90. The molecule has 2 aromatic carbocycles. The number of aryl methyl sites for hydroxylation is 1. The number of amides is 2. The van der Waals surface area contributed by atoms with Crippen LogP contribution in [0.25, 0.3) is 0 Å². The first kappa shape index (κ1) is 21.8. The van der Waals surface area contributed by atoms with Gasteiger partial charge in [0.25, 0.3) is 0 Å². The molecule has 0 bridgehead atoms. The number of nitriles is 1. The number of halogens is 1. The van der Waals surface area contributed by atoms with Gasteiger partial charge < -0.3 is 15.4 Å². The summed E-state index contributed by atoms with van der Waals surface area (Å²) < 4.78 is 5.17. The van der Waals surface area contributed by atoms with Crippen molar-refractivity contribution in [2.45, 2.75) is 19.3 Å². The van der Waals surface area contributed by atoms with Gasteiger partial charge in [-0.3, -0.25) is 9.59 Å². The Labute approximate surface area is 184 Å². The first-order chi connectivity index (χ1) is 14.4. The minimum atomic E-state index is -0.436. The Bertz CT molecular complexity index is 1060. The molecule has 0 radical (unpaired) electrons. The number of rotatable bonds is 6. The van der Waals surface area contributed by atoms with E-state index in [-0.39, 0.29) is 24.0 Å². The number of hydrogen-bond acceptors (Lipinski definition) is 5. The van der Waals surface area contributed by atoms with E-state index in [1.54, 1.807) is 24.3 Å². The van der Waals surface area contributed by atoms with Crippen molar-refractivity contribution in [3.63, 3.8) is 0 Å². The quantitative estimate of drug-likeness (QED) is 0.694. The molecule has 8 heteroatoms. The number of carbonyl (C=O) groups is 2. The molecule has 2 aromatic rings. The monoisotopic (exact) mass is 441 g/mol. The predicted octanol–water partition coefficient (Wildman–Crippen LogP) is 4.37. The van der Waals surface area contributed by atoms with Gasteiger partial charge in [-0.1, -0.05) is 41.6 Å². The molecule has 154 valence electrons. The van der Waals surface area contributed by atoms with Crippen LogP contribution in [0.3, 0.4) is 0 Å². The fourth-order valence-corrected chi connectivity index (χ4v) is 4.32. The molecule has 1 aliphatic heterocycles. The summed E-state index contributed by atoms with van der Waals surface area (Å²) in [6.07, 6.45) is 0.130. The zero-order valence-electron chi connectivity index (χ0n) is 16.5. The highest BCUT2D eigenvalue weighted by Gasteiger charge is 2.30. The lowest BCUT2D eigenvalue weighted by molar-refractivity contribution is -0.121. The van der Waals surface area contributed by atoms with Crippen LogP contribution in [0.5, 0.6) is 5.75 Å². The average Bonchev–Trinajstić information content (AvgIpc) is 2.71. The number of hydrogen-bond donors (Lipinski definition) is 2. The Morgan fingerprint density at radius 3 is 2.83 bits per heavy atom. The molecule has 0 spiro atoms. The minimum absolute atomic E-state index is 0.0603. The molecule has 1 heterocycles. The number of carbonyl (C=O) groups excluding carboxylic acids is 2. The number of nitrogens with zero attached hydrogens (tertiary/aromatic N) is 1. The van der Waals surface area contributed by atoms with Gasteiger partial charge in [0.2, 0.25) is 11.8 Å². The van der Waals surface area contributed by atoms with Gasteiger partial charge in [-0.2, -0.15) is 5.26 Å². The smallest absolute Gasteiger partial charge is 0.234 e. The molecule has 3 rings (SSSR count). The maximum atomic E-state index is 12.3. The Morgan fingerprint density at radius 1 is 1.37 bits per heavy atom. The number of allylic oxidation sites excluding steroid dienone is 1. The van der Waals surface area contributed by atoms with E-state index in [9.17, 15) is 14.9 Å². The molecule has 0 saturated carbocycles. The Hall–Kier alpha value is -2.95. The summed E-state index contributed by atoms with van der Waals surface area (Å²) in [5.74, 6) is -0.294. The highest BCUT2D eigenvalue weighted by atomic mass is 35.5. The van der Waals surface area contributed by atoms with E-state index >= 15 is 0 Å². The lowest BCUT2D eigenvalue weighted by Crippen LogP contribution is -2.31. The van der Waals surface area contributed by atoms with Crippen LogP contribution in [0.4, 0.5) is 5.69 Å². The highest BCUT2D eigenvalue weighted by Crippen LogP contribution is 2.38. The molecular weight excluding hydrogens is 422 g/mol. The summed E-state index contributed by atoms with van der Waals surface area (Å²) in [6, 6.07) is 14.9. The normalized spacial score (nSPS) is 15.9. The summed E-state index contributed by atoms with van der Waals surface area (Å²) in [4.78, 5) is 24.6. The maximum Gasteiger partial charge on any atom is 0.234 e. The molecule has 2 amide bonds. The zero-order valence-corrected chi connectivity index (χ0v) is 18.1. The fourth-order valence-electron chi connectivity index (χ4n) is 3.17. The molecule has 1 aliphatic rings. The van der Waals surface area contributed by atoms with E-state index in [0.717, 1.165) is 22.9 Å². The molecule has 0 unspecified atom stereocenters. The number of nitrogens with one attached hydrogen (secondary N) is 2. The Morgan fingerprint density at radius 2 is 2.17 bits per heavy atom. The number of anilines is 1. The zero-order chi connectivity index (χ0) is 21.7. The summed E-state index contributed by atoms with van der Waals surface area (Å²) in [6.45, 7) is 1.94. The largest absolute Gasteiger partial charge is 0.495 e. The van der Waals surface area contributed by atoms with Gasteiger partial charge in [0.1, 0.15) is 5.75 Å². The van der Waals surface area contributed by atoms with Crippen molar-refractivity contribution in [1.82, 2.24) is 5.32 Å². The van der Waals surface area contributed by atoms with Crippen molar-refractivity contribution in [2.75, 3.05) is 18.2 Å². The summed E-state index contributed by atoms with van der Waals surface area (Å²) in [7, 11) is 1.52. The first-order valence-electron chi connectivity index (χ1n) is 9.18. The summed E-state index contributed by atoms with van der Waals surface area (Å²) in [5, 5.41) is 16.1. The van der Waals surface area contributed by atoms with Crippen LogP contribution >= 0.6 is 23.4 Å². The van der Waals surface area contributed by atoms with Crippen LogP contribution in [-0.2, 0) is 9.59 Å². The van der Waals surface area contributed by atoms with Crippen LogP contribution in [0.2, 0.25) is 5.02 Å². The van der Waals surface area contributed by atoms with Crippen molar-refractivity contribution < 1.29 is 14.3 Å².